The molecule has 31 heavy (non-hydrogen) atoms. The maximum atomic E-state index is 13.2. The lowest BCUT2D eigenvalue weighted by Gasteiger charge is -2.22. The summed E-state index contributed by atoms with van der Waals surface area (Å²) in [6, 6.07) is 17.6. The lowest BCUT2D eigenvalue weighted by Crippen LogP contribution is -2.37. The molecule has 1 N–H and O–H groups in total. The van der Waals surface area contributed by atoms with E-state index >= 15 is 0 Å². The lowest BCUT2D eigenvalue weighted by molar-refractivity contribution is -0.114. The fourth-order valence-corrected chi connectivity index (χ4v) is 3.91. The van der Waals surface area contributed by atoms with Crippen LogP contribution in [0.25, 0.3) is 0 Å². The number of rotatable bonds is 7. The SMILES string of the molecule is CS(=O)(=O)N(CC(=O)Nc1ccc(Cl)cc1C(=O)c1ccccc1)c1ccc(F)cc1. The number of nitrogens with one attached hydrogen (secondary N) is 1. The standard InChI is InChI=1S/C22H18ClFN2O4S/c1-31(29,30)26(18-10-8-17(24)9-11-18)14-21(27)25-20-12-7-16(23)13-19(20)22(28)15-5-3-2-4-6-15/h2-13H,14H2,1H3,(H,25,27). The number of carbonyl (C=O) groups excluding carboxylic acids is 2. The van der Waals surface area contributed by atoms with Gasteiger partial charge < -0.3 is 5.32 Å². The van der Waals surface area contributed by atoms with Crippen LogP contribution in [0, 0.1) is 5.82 Å². The first-order chi connectivity index (χ1) is 14.6. The Morgan fingerprint density at radius 2 is 1.65 bits per heavy atom. The van der Waals surface area contributed by atoms with Crippen molar-refractivity contribution < 1.29 is 22.4 Å². The van der Waals surface area contributed by atoms with E-state index in [0.29, 0.717) is 10.6 Å². The first kappa shape index (κ1) is 22.5. The molecule has 6 nitrogen and oxygen atoms in total. The van der Waals surface area contributed by atoms with Gasteiger partial charge in [0.25, 0.3) is 0 Å². The Balaban J connectivity index is 1.87. The zero-order chi connectivity index (χ0) is 22.6. The Hall–Kier alpha value is -3.23. The molecule has 3 aromatic rings. The van der Waals surface area contributed by atoms with Gasteiger partial charge in [0.2, 0.25) is 15.9 Å². The molecule has 0 aliphatic carbocycles. The molecule has 0 unspecified atom stereocenters. The first-order valence-corrected chi connectivity index (χ1v) is 11.3. The van der Waals surface area contributed by atoms with Crippen LogP contribution in [0.1, 0.15) is 15.9 Å². The Bertz CT molecular complexity index is 1220. The molecule has 0 spiro atoms. The van der Waals surface area contributed by atoms with Crippen LogP contribution in [0.5, 0.6) is 0 Å². The van der Waals surface area contributed by atoms with E-state index in [1.54, 1.807) is 30.3 Å². The maximum absolute atomic E-state index is 13.2. The average Bonchev–Trinajstić information content (AvgIpc) is 2.73. The highest BCUT2D eigenvalue weighted by Gasteiger charge is 2.22. The largest absolute Gasteiger partial charge is 0.324 e. The fourth-order valence-electron chi connectivity index (χ4n) is 2.89. The highest BCUT2D eigenvalue weighted by molar-refractivity contribution is 7.92. The normalized spacial score (nSPS) is 11.1. The quantitative estimate of drug-likeness (QED) is 0.538. The highest BCUT2D eigenvalue weighted by atomic mass is 35.5. The van der Waals surface area contributed by atoms with Gasteiger partial charge >= 0.3 is 0 Å². The van der Waals surface area contributed by atoms with Crippen molar-refractivity contribution in [3.05, 3.63) is 94.8 Å². The molecule has 0 bridgehead atoms. The minimum atomic E-state index is -3.83. The van der Waals surface area contributed by atoms with Gasteiger partial charge in [-0.25, -0.2) is 12.8 Å². The summed E-state index contributed by atoms with van der Waals surface area (Å²) in [5.41, 5.74) is 0.899. The van der Waals surface area contributed by atoms with Gasteiger partial charge in [-0.1, -0.05) is 41.9 Å². The van der Waals surface area contributed by atoms with Gasteiger partial charge in [0, 0.05) is 16.1 Å². The molecule has 3 rings (SSSR count). The van der Waals surface area contributed by atoms with E-state index in [-0.39, 0.29) is 22.7 Å². The monoisotopic (exact) mass is 460 g/mol. The number of halogens is 2. The van der Waals surface area contributed by atoms with Crippen molar-refractivity contribution in [1.82, 2.24) is 0 Å². The maximum Gasteiger partial charge on any atom is 0.245 e. The minimum Gasteiger partial charge on any atom is -0.324 e. The fraction of sp³-hybridized carbons (Fsp3) is 0.0909. The van der Waals surface area contributed by atoms with Crippen LogP contribution in [0.4, 0.5) is 15.8 Å². The molecule has 160 valence electrons. The van der Waals surface area contributed by atoms with Gasteiger partial charge in [0.05, 0.1) is 17.6 Å². The average molecular weight is 461 g/mol. The number of hydrogen-bond donors (Lipinski definition) is 1. The number of nitrogens with zero attached hydrogens (tertiary/aromatic N) is 1. The molecule has 3 aromatic carbocycles. The van der Waals surface area contributed by atoms with E-state index in [2.05, 4.69) is 5.32 Å². The Kier molecular flexibility index (Phi) is 6.72. The van der Waals surface area contributed by atoms with Crippen LogP contribution in [0.3, 0.4) is 0 Å². The molecule has 0 saturated heterocycles. The Morgan fingerprint density at radius 3 is 2.26 bits per heavy atom. The Morgan fingerprint density at radius 1 is 1.00 bits per heavy atom. The summed E-state index contributed by atoms with van der Waals surface area (Å²) in [4.78, 5) is 25.6. The summed E-state index contributed by atoms with van der Waals surface area (Å²) < 4.78 is 38.4. The number of ketones is 1. The number of amides is 1. The summed E-state index contributed by atoms with van der Waals surface area (Å²) in [5, 5.41) is 2.88. The molecular weight excluding hydrogens is 443 g/mol. The van der Waals surface area contributed by atoms with Crippen LogP contribution < -0.4 is 9.62 Å². The summed E-state index contributed by atoms with van der Waals surface area (Å²) in [7, 11) is -3.83. The zero-order valence-electron chi connectivity index (χ0n) is 16.4. The first-order valence-electron chi connectivity index (χ1n) is 9.07. The van der Waals surface area contributed by atoms with E-state index in [1.807, 2.05) is 0 Å². The van der Waals surface area contributed by atoms with Gasteiger partial charge in [-0.05, 0) is 42.5 Å². The molecule has 0 aromatic heterocycles. The molecule has 9 heteroatoms. The Labute approximate surface area is 184 Å². The molecule has 0 fully saturated rings. The topological polar surface area (TPSA) is 83.6 Å². The van der Waals surface area contributed by atoms with E-state index in [4.69, 9.17) is 11.6 Å². The third kappa shape index (κ3) is 5.68. The molecule has 0 aliphatic heterocycles. The van der Waals surface area contributed by atoms with Crippen LogP contribution >= 0.6 is 11.6 Å². The van der Waals surface area contributed by atoms with Crippen molar-refractivity contribution >= 4 is 44.7 Å². The number of anilines is 2. The van der Waals surface area contributed by atoms with Crippen molar-refractivity contribution in [2.45, 2.75) is 0 Å². The summed E-state index contributed by atoms with van der Waals surface area (Å²) >= 11 is 6.04. The molecule has 0 radical (unpaired) electrons. The smallest absolute Gasteiger partial charge is 0.245 e. The van der Waals surface area contributed by atoms with Crippen LogP contribution in [0.15, 0.2) is 72.8 Å². The number of benzene rings is 3. The van der Waals surface area contributed by atoms with Gasteiger partial charge in [0.15, 0.2) is 5.78 Å². The number of sulfonamides is 1. The molecule has 0 saturated carbocycles. The third-order valence-corrected chi connectivity index (χ3v) is 5.71. The van der Waals surface area contributed by atoms with E-state index in [1.165, 1.54) is 30.3 Å². The predicted molar refractivity (Wildman–Crippen MR) is 119 cm³/mol. The van der Waals surface area contributed by atoms with Gasteiger partial charge in [-0.3, -0.25) is 13.9 Å². The second-order valence-electron chi connectivity index (χ2n) is 6.68. The summed E-state index contributed by atoms with van der Waals surface area (Å²) in [6.07, 6.45) is 0.941. The molecule has 0 aliphatic rings. The van der Waals surface area contributed by atoms with Crippen LogP contribution in [-0.4, -0.2) is 32.9 Å². The van der Waals surface area contributed by atoms with E-state index < -0.39 is 28.3 Å². The number of hydrogen-bond acceptors (Lipinski definition) is 4. The van der Waals surface area contributed by atoms with Crippen molar-refractivity contribution in [3.8, 4) is 0 Å². The van der Waals surface area contributed by atoms with Crippen molar-refractivity contribution in [2.24, 2.45) is 0 Å². The van der Waals surface area contributed by atoms with Gasteiger partial charge in [0.1, 0.15) is 12.4 Å². The van der Waals surface area contributed by atoms with Crippen molar-refractivity contribution in [3.63, 3.8) is 0 Å². The predicted octanol–water partition coefficient (Wildman–Crippen LogP) is 4.11. The molecular formula is C22H18ClFN2O4S. The lowest BCUT2D eigenvalue weighted by atomic mass is 10.0. The van der Waals surface area contributed by atoms with Gasteiger partial charge in [-0.15, -0.1) is 0 Å². The van der Waals surface area contributed by atoms with Gasteiger partial charge in [-0.2, -0.15) is 0 Å². The zero-order valence-corrected chi connectivity index (χ0v) is 18.0. The second kappa shape index (κ2) is 9.28. The molecule has 0 atom stereocenters. The van der Waals surface area contributed by atoms with Crippen molar-refractivity contribution in [2.75, 3.05) is 22.4 Å². The highest BCUT2D eigenvalue weighted by Crippen LogP contribution is 2.24. The second-order valence-corrected chi connectivity index (χ2v) is 9.02. The third-order valence-electron chi connectivity index (χ3n) is 4.34. The van der Waals surface area contributed by atoms with Crippen molar-refractivity contribution in [1.29, 1.82) is 0 Å². The molecule has 1 amide bonds. The van der Waals surface area contributed by atoms with E-state index in [0.717, 1.165) is 22.7 Å². The summed E-state index contributed by atoms with van der Waals surface area (Å²) in [6.45, 7) is -0.563. The minimum absolute atomic E-state index is 0.135. The van der Waals surface area contributed by atoms with Crippen LogP contribution in [0.2, 0.25) is 5.02 Å². The van der Waals surface area contributed by atoms with E-state index in [9.17, 15) is 22.4 Å². The number of carbonyl (C=O) groups is 2. The summed E-state index contributed by atoms with van der Waals surface area (Å²) in [5.74, 6) is -1.57. The van der Waals surface area contributed by atoms with Crippen LogP contribution in [-0.2, 0) is 14.8 Å². The molecule has 0 heterocycles.